The zero-order chi connectivity index (χ0) is 24.0. The molecule has 32 heavy (non-hydrogen) atoms. The van der Waals surface area contributed by atoms with E-state index in [0.29, 0.717) is 0 Å². The molecule has 3 rings (SSSR count). The lowest BCUT2D eigenvalue weighted by atomic mass is 10.1. The molecule has 0 bridgehead atoms. The van der Waals surface area contributed by atoms with Gasteiger partial charge in [-0.2, -0.15) is 0 Å². The molecule has 0 spiro atoms. The Bertz CT molecular complexity index is 898. The number of nitrogens with zero attached hydrogens (tertiary/aromatic N) is 1. The van der Waals surface area contributed by atoms with Gasteiger partial charge in [-0.3, -0.25) is 14.3 Å². The lowest BCUT2D eigenvalue weighted by molar-refractivity contribution is -0.0600. The third-order valence-electron chi connectivity index (χ3n) is 6.77. The molecule has 2 aliphatic heterocycles. The molecule has 1 aromatic heterocycles. The topological polar surface area (TPSA) is 112 Å². The summed E-state index contributed by atoms with van der Waals surface area (Å²) in [7, 11) is -5.63. The molecular weight excluding hydrogens is 448 g/mol. The molecule has 11 heteroatoms. The van der Waals surface area contributed by atoms with Crippen LogP contribution in [-0.4, -0.2) is 56.7 Å². The monoisotopic (exact) mass is 486 g/mol. The Labute approximate surface area is 191 Å². The standard InChI is InChI=1S/C21H38N2O7Si2/c1-12(2)31(13(3)4)27-11-16-19(29-32(30-31,14(5)6)15(7)8)18(25)20(28-16)23-10-9-17(24)22-21(23)26/h9-10,12-16,18-20,25H,11H2,1-8H3,(H,22,24,26)/t16-,18-,19+,20-/m1/s1. The minimum atomic E-state index is -2.91. The summed E-state index contributed by atoms with van der Waals surface area (Å²) in [6, 6.07) is 1.23. The van der Waals surface area contributed by atoms with Gasteiger partial charge in [0.05, 0.1) is 6.61 Å². The largest absolute Gasteiger partial charge is 0.414 e. The third kappa shape index (κ3) is 4.24. The maximum atomic E-state index is 12.4. The first-order valence-electron chi connectivity index (χ1n) is 11.5. The Hall–Kier alpha value is -1.09. The number of aromatic amines is 1. The predicted octanol–water partition coefficient (Wildman–Crippen LogP) is 2.75. The third-order valence-corrected chi connectivity index (χ3v) is 17.0. The van der Waals surface area contributed by atoms with Crippen LogP contribution in [0.4, 0.5) is 0 Å². The van der Waals surface area contributed by atoms with Crippen LogP contribution in [0.1, 0.15) is 61.6 Å². The molecule has 2 aliphatic rings. The van der Waals surface area contributed by atoms with Crippen LogP contribution < -0.4 is 11.2 Å². The molecule has 182 valence electrons. The Balaban J connectivity index is 2.08. The summed E-state index contributed by atoms with van der Waals surface area (Å²) in [6.45, 7) is 17.2. The Morgan fingerprint density at radius 2 is 1.56 bits per heavy atom. The second-order valence-corrected chi connectivity index (χ2v) is 19.0. The van der Waals surface area contributed by atoms with E-state index < -0.39 is 52.9 Å². The van der Waals surface area contributed by atoms with Gasteiger partial charge in [-0.1, -0.05) is 55.4 Å². The molecule has 2 saturated heterocycles. The van der Waals surface area contributed by atoms with Crippen LogP contribution in [0.3, 0.4) is 0 Å². The van der Waals surface area contributed by atoms with Crippen LogP contribution in [0.15, 0.2) is 21.9 Å². The lowest BCUT2D eigenvalue weighted by Gasteiger charge is -2.51. The highest BCUT2D eigenvalue weighted by molar-refractivity contribution is 6.83. The van der Waals surface area contributed by atoms with E-state index in [2.05, 4.69) is 60.4 Å². The average Bonchev–Trinajstić information content (AvgIpc) is 2.96. The van der Waals surface area contributed by atoms with Crippen molar-refractivity contribution in [1.82, 2.24) is 9.55 Å². The van der Waals surface area contributed by atoms with Crippen molar-refractivity contribution in [1.29, 1.82) is 0 Å². The fraction of sp³-hybridized carbons (Fsp3) is 0.810. The van der Waals surface area contributed by atoms with Gasteiger partial charge in [0.15, 0.2) is 6.23 Å². The molecule has 2 fully saturated rings. The summed E-state index contributed by atoms with van der Waals surface area (Å²) < 4.78 is 27.9. The highest BCUT2D eigenvalue weighted by Crippen LogP contribution is 2.48. The summed E-state index contributed by atoms with van der Waals surface area (Å²) in [5, 5.41) is 11.2. The van der Waals surface area contributed by atoms with Gasteiger partial charge in [-0.05, 0) is 22.2 Å². The number of nitrogens with one attached hydrogen (secondary N) is 1. The molecular formula is C21H38N2O7Si2. The van der Waals surface area contributed by atoms with E-state index >= 15 is 0 Å². The summed E-state index contributed by atoms with van der Waals surface area (Å²) in [6.07, 6.45) is -2.04. The fourth-order valence-corrected chi connectivity index (χ4v) is 16.2. The Morgan fingerprint density at radius 1 is 1.00 bits per heavy atom. The van der Waals surface area contributed by atoms with Crippen LogP contribution in [-0.2, 0) is 17.7 Å². The van der Waals surface area contributed by atoms with Crippen molar-refractivity contribution in [3.63, 3.8) is 0 Å². The van der Waals surface area contributed by atoms with Crippen molar-refractivity contribution in [3.05, 3.63) is 33.1 Å². The van der Waals surface area contributed by atoms with Crippen LogP contribution in [0.5, 0.6) is 0 Å². The zero-order valence-electron chi connectivity index (χ0n) is 20.3. The maximum absolute atomic E-state index is 12.4. The van der Waals surface area contributed by atoms with E-state index in [1.54, 1.807) is 0 Å². The van der Waals surface area contributed by atoms with Gasteiger partial charge in [-0.15, -0.1) is 0 Å². The maximum Gasteiger partial charge on any atom is 0.335 e. The van der Waals surface area contributed by atoms with Crippen molar-refractivity contribution in [2.45, 2.75) is 102 Å². The van der Waals surface area contributed by atoms with Gasteiger partial charge in [0, 0.05) is 12.3 Å². The van der Waals surface area contributed by atoms with Gasteiger partial charge in [0.1, 0.15) is 18.3 Å². The number of fused-ring (bicyclic) bond motifs is 1. The van der Waals surface area contributed by atoms with Gasteiger partial charge < -0.3 is 22.8 Å². The minimum absolute atomic E-state index is 0.108. The van der Waals surface area contributed by atoms with Gasteiger partial charge in [0.25, 0.3) is 5.56 Å². The highest BCUT2D eigenvalue weighted by Gasteiger charge is 2.61. The number of hydrogen-bond acceptors (Lipinski definition) is 7. The SMILES string of the molecule is CC(C)[Si]1(C(C)C)OC[C@H]2O[C@@H](n3ccc(=O)[nH]c3=O)[C@H](O)[C@H]2O[Si](C(C)C)(C(C)C)O1. The second-order valence-electron chi connectivity index (χ2n) is 10.1. The minimum Gasteiger partial charge on any atom is -0.414 e. The smallest absolute Gasteiger partial charge is 0.335 e. The summed E-state index contributed by atoms with van der Waals surface area (Å²) in [5.41, 5.74) is -0.551. The average molecular weight is 487 g/mol. The van der Waals surface area contributed by atoms with Crippen molar-refractivity contribution in [2.75, 3.05) is 6.61 Å². The number of aromatic nitrogens is 2. The van der Waals surface area contributed by atoms with Crippen molar-refractivity contribution in [3.8, 4) is 0 Å². The van der Waals surface area contributed by atoms with Crippen LogP contribution in [0.25, 0.3) is 0 Å². The predicted molar refractivity (Wildman–Crippen MR) is 125 cm³/mol. The number of hydrogen-bond donors (Lipinski definition) is 2. The second kappa shape index (κ2) is 9.28. The number of aliphatic hydroxyl groups is 1. The van der Waals surface area contributed by atoms with Gasteiger partial charge in [-0.25, -0.2) is 4.79 Å². The zero-order valence-corrected chi connectivity index (χ0v) is 22.3. The Morgan fingerprint density at radius 3 is 2.06 bits per heavy atom. The molecule has 0 amide bonds. The molecule has 2 N–H and O–H groups in total. The quantitative estimate of drug-likeness (QED) is 0.616. The molecule has 0 unspecified atom stereocenters. The number of H-pyrrole nitrogens is 1. The summed E-state index contributed by atoms with van der Waals surface area (Å²) in [4.78, 5) is 26.1. The molecule has 0 saturated carbocycles. The normalized spacial score (nSPS) is 30.0. The van der Waals surface area contributed by atoms with E-state index in [9.17, 15) is 14.7 Å². The molecule has 9 nitrogen and oxygen atoms in total. The van der Waals surface area contributed by atoms with E-state index in [1.165, 1.54) is 16.8 Å². The highest BCUT2D eigenvalue weighted by atomic mass is 28.5. The first kappa shape index (κ1) is 25.5. The fourth-order valence-electron chi connectivity index (χ4n) is 4.99. The summed E-state index contributed by atoms with van der Waals surface area (Å²) >= 11 is 0. The van der Waals surface area contributed by atoms with Gasteiger partial charge >= 0.3 is 22.8 Å². The van der Waals surface area contributed by atoms with Crippen molar-refractivity contribution in [2.24, 2.45) is 0 Å². The van der Waals surface area contributed by atoms with Crippen LogP contribution in [0, 0.1) is 0 Å². The molecule has 0 aliphatic carbocycles. The molecule has 0 radical (unpaired) electrons. The number of aliphatic hydroxyl groups excluding tert-OH is 1. The van der Waals surface area contributed by atoms with Crippen LogP contribution in [0.2, 0.25) is 22.2 Å². The number of rotatable bonds is 5. The lowest BCUT2D eigenvalue weighted by Crippen LogP contribution is -2.65. The Kier molecular flexibility index (Phi) is 7.40. The first-order valence-corrected chi connectivity index (χ1v) is 15.5. The van der Waals surface area contributed by atoms with E-state index in [4.69, 9.17) is 17.7 Å². The first-order chi connectivity index (χ1) is 14.9. The van der Waals surface area contributed by atoms with E-state index in [0.717, 1.165) is 0 Å². The van der Waals surface area contributed by atoms with Crippen LogP contribution >= 0.6 is 0 Å². The molecule has 3 heterocycles. The number of ether oxygens (including phenoxy) is 1. The van der Waals surface area contributed by atoms with Crippen molar-refractivity contribution < 1.29 is 22.8 Å². The summed E-state index contributed by atoms with van der Waals surface area (Å²) in [5.74, 6) is 0. The van der Waals surface area contributed by atoms with E-state index in [1.807, 2.05) is 0 Å². The van der Waals surface area contributed by atoms with E-state index in [-0.39, 0.29) is 28.8 Å². The molecule has 0 aromatic carbocycles. The van der Waals surface area contributed by atoms with Gasteiger partial charge in [0.2, 0.25) is 0 Å². The molecule has 1 aromatic rings. The van der Waals surface area contributed by atoms with Crippen molar-refractivity contribution >= 4 is 17.1 Å². The molecule has 4 atom stereocenters.